The summed E-state index contributed by atoms with van der Waals surface area (Å²) in [6.07, 6.45) is 1.36. The van der Waals surface area contributed by atoms with Crippen molar-refractivity contribution in [3.05, 3.63) is 83.2 Å². The third-order valence-electron chi connectivity index (χ3n) is 4.50. The molecule has 0 atom stereocenters. The normalized spacial score (nSPS) is 10.7. The van der Waals surface area contributed by atoms with Crippen LogP contribution >= 0.6 is 0 Å². The van der Waals surface area contributed by atoms with Gasteiger partial charge in [0.05, 0.1) is 29.5 Å². The van der Waals surface area contributed by atoms with Crippen molar-refractivity contribution < 1.29 is 13.9 Å². The van der Waals surface area contributed by atoms with Crippen molar-refractivity contribution in [1.29, 1.82) is 0 Å². The smallest absolute Gasteiger partial charge is 0.261 e. The average molecular weight is 419 g/mol. The fourth-order valence-electron chi connectivity index (χ4n) is 2.95. The Kier molecular flexibility index (Phi) is 5.93. The number of amides is 1. The van der Waals surface area contributed by atoms with E-state index < -0.39 is 0 Å². The highest BCUT2D eigenvalue weighted by Crippen LogP contribution is 2.18. The van der Waals surface area contributed by atoms with Crippen LogP contribution in [0.2, 0.25) is 0 Å². The van der Waals surface area contributed by atoms with Gasteiger partial charge >= 0.3 is 0 Å². The summed E-state index contributed by atoms with van der Waals surface area (Å²) in [4.78, 5) is 28.7. The number of hydrogen-bond donors (Lipinski definition) is 1. The third kappa shape index (κ3) is 4.89. The molecular formula is C22H18FN5O3. The van der Waals surface area contributed by atoms with Gasteiger partial charge < -0.3 is 10.1 Å². The summed E-state index contributed by atoms with van der Waals surface area (Å²) >= 11 is 0. The molecule has 0 saturated heterocycles. The highest BCUT2D eigenvalue weighted by atomic mass is 19.1. The summed E-state index contributed by atoms with van der Waals surface area (Å²) in [5.74, 6) is -0.351. The molecule has 1 amide bonds. The first-order chi connectivity index (χ1) is 15.1. The van der Waals surface area contributed by atoms with Crippen molar-refractivity contribution in [2.75, 3.05) is 13.2 Å². The first-order valence-corrected chi connectivity index (χ1v) is 9.53. The molecular weight excluding hydrogens is 401 g/mol. The van der Waals surface area contributed by atoms with Crippen LogP contribution in [0, 0.1) is 5.82 Å². The second-order valence-corrected chi connectivity index (χ2v) is 6.66. The SMILES string of the molecule is O=C(Cn1cnc2ccccc2c1=O)NCCOc1ccc(-c2ccc(F)cc2)nn1. The molecule has 2 heterocycles. The molecule has 4 aromatic rings. The van der Waals surface area contributed by atoms with E-state index in [-0.39, 0.29) is 37.0 Å². The van der Waals surface area contributed by atoms with Crippen LogP contribution in [0.5, 0.6) is 5.88 Å². The van der Waals surface area contributed by atoms with Crippen molar-refractivity contribution >= 4 is 16.8 Å². The number of ether oxygens (including phenoxy) is 1. The van der Waals surface area contributed by atoms with Gasteiger partial charge in [-0.2, -0.15) is 0 Å². The summed E-state index contributed by atoms with van der Waals surface area (Å²) < 4.78 is 19.7. The molecule has 2 aromatic carbocycles. The number of benzene rings is 2. The van der Waals surface area contributed by atoms with Gasteiger partial charge in [-0.05, 0) is 42.5 Å². The topological polar surface area (TPSA) is 99.0 Å². The Labute approximate surface area is 176 Å². The lowest BCUT2D eigenvalue weighted by atomic mass is 10.1. The van der Waals surface area contributed by atoms with Crippen LogP contribution in [0.15, 0.2) is 71.8 Å². The van der Waals surface area contributed by atoms with Gasteiger partial charge in [0, 0.05) is 11.6 Å². The molecule has 4 rings (SSSR count). The second-order valence-electron chi connectivity index (χ2n) is 6.66. The maximum atomic E-state index is 13.0. The summed E-state index contributed by atoms with van der Waals surface area (Å²) in [6.45, 7) is 0.278. The zero-order chi connectivity index (χ0) is 21.6. The monoisotopic (exact) mass is 419 g/mol. The van der Waals surface area contributed by atoms with Crippen LogP contribution in [0.1, 0.15) is 0 Å². The van der Waals surface area contributed by atoms with Gasteiger partial charge in [0.25, 0.3) is 5.56 Å². The van der Waals surface area contributed by atoms with Crippen molar-refractivity contribution in [3.8, 4) is 17.1 Å². The van der Waals surface area contributed by atoms with Crippen LogP contribution in [-0.4, -0.2) is 38.8 Å². The van der Waals surface area contributed by atoms with Crippen molar-refractivity contribution in [2.45, 2.75) is 6.54 Å². The van der Waals surface area contributed by atoms with Gasteiger partial charge in [0.1, 0.15) is 19.0 Å². The van der Waals surface area contributed by atoms with Gasteiger partial charge in [0.15, 0.2) is 0 Å². The molecule has 0 radical (unpaired) electrons. The summed E-state index contributed by atoms with van der Waals surface area (Å²) in [7, 11) is 0. The molecule has 0 saturated carbocycles. The Balaban J connectivity index is 1.26. The summed E-state index contributed by atoms with van der Waals surface area (Å²) in [5.41, 5.74) is 1.65. The van der Waals surface area contributed by atoms with Crippen LogP contribution in [0.4, 0.5) is 4.39 Å². The number of halogens is 1. The first kappa shape index (κ1) is 20.1. The molecule has 0 unspecified atom stereocenters. The van der Waals surface area contributed by atoms with E-state index in [0.29, 0.717) is 22.5 Å². The van der Waals surface area contributed by atoms with E-state index in [1.165, 1.54) is 23.0 Å². The molecule has 0 bridgehead atoms. The Morgan fingerprint density at radius 3 is 2.61 bits per heavy atom. The number of carbonyl (C=O) groups is 1. The Bertz CT molecular complexity index is 1260. The number of carbonyl (C=O) groups excluding carboxylic acids is 1. The minimum Gasteiger partial charge on any atom is -0.475 e. The molecule has 0 aliphatic carbocycles. The number of fused-ring (bicyclic) bond motifs is 1. The first-order valence-electron chi connectivity index (χ1n) is 9.53. The second kappa shape index (κ2) is 9.12. The molecule has 0 spiro atoms. The van der Waals surface area contributed by atoms with E-state index in [1.807, 2.05) is 0 Å². The number of nitrogens with zero attached hydrogens (tertiary/aromatic N) is 4. The van der Waals surface area contributed by atoms with Crippen LogP contribution in [0.25, 0.3) is 22.2 Å². The molecule has 0 fully saturated rings. The maximum Gasteiger partial charge on any atom is 0.261 e. The van der Waals surface area contributed by atoms with E-state index in [2.05, 4.69) is 20.5 Å². The Morgan fingerprint density at radius 1 is 1.03 bits per heavy atom. The van der Waals surface area contributed by atoms with Gasteiger partial charge in [-0.1, -0.05) is 12.1 Å². The van der Waals surface area contributed by atoms with E-state index >= 15 is 0 Å². The number of aromatic nitrogens is 4. The third-order valence-corrected chi connectivity index (χ3v) is 4.50. The van der Waals surface area contributed by atoms with Gasteiger partial charge in [-0.25, -0.2) is 9.37 Å². The molecule has 0 aliphatic heterocycles. The fourth-order valence-corrected chi connectivity index (χ4v) is 2.95. The predicted molar refractivity (Wildman–Crippen MR) is 112 cm³/mol. The van der Waals surface area contributed by atoms with E-state index in [4.69, 9.17) is 4.74 Å². The minimum absolute atomic E-state index is 0.136. The number of para-hydroxylation sites is 1. The van der Waals surface area contributed by atoms with E-state index in [0.717, 1.165) is 5.56 Å². The lowest BCUT2D eigenvalue weighted by molar-refractivity contribution is -0.121. The molecule has 9 heteroatoms. The number of hydrogen-bond acceptors (Lipinski definition) is 6. The molecule has 31 heavy (non-hydrogen) atoms. The maximum absolute atomic E-state index is 13.0. The fraction of sp³-hybridized carbons (Fsp3) is 0.136. The average Bonchev–Trinajstić information content (AvgIpc) is 2.80. The lowest BCUT2D eigenvalue weighted by Gasteiger charge is -2.09. The summed E-state index contributed by atoms with van der Waals surface area (Å²) in [6, 6.07) is 16.3. The lowest BCUT2D eigenvalue weighted by Crippen LogP contribution is -2.34. The highest BCUT2D eigenvalue weighted by Gasteiger charge is 2.08. The van der Waals surface area contributed by atoms with Crippen LogP contribution in [-0.2, 0) is 11.3 Å². The van der Waals surface area contributed by atoms with Crippen molar-refractivity contribution in [3.63, 3.8) is 0 Å². The minimum atomic E-state index is -0.333. The standard InChI is InChI=1S/C22H18FN5O3/c23-16-7-5-15(6-8-16)18-9-10-21(27-26-18)31-12-11-24-20(29)13-28-14-25-19-4-2-1-3-17(19)22(28)30/h1-10,14H,11-13H2,(H,24,29). The molecule has 1 N–H and O–H groups in total. The van der Waals surface area contributed by atoms with E-state index in [1.54, 1.807) is 48.5 Å². The highest BCUT2D eigenvalue weighted by molar-refractivity contribution is 5.78. The van der Waals surface area contributed by atoms with Gasteiger partial charge in [0.2, 0.25) is 11.8 Å². The molecule has 2 aromatic heterocycles. The van der Waals surface area contributed by atoms with Crippen LogP contribution in [0.3, 0.4) is 0 Å². The number of nitrogens with one attached hydrogen (secondary N) is 1. The summed E-state index contributed by atoms with van der Waals surface area (Å²) in [5, 5.41) is 11.2. The number of rotatable bonds is 7. The van der Waals surface area contributed by atoms with E-state index in [9.17, 15) is 14.0 Å². The van der Waals surface area contributed by atoms with Crippen molar-refractivity contribution in [1.82, 2.24) is 25.1 Å². The molecule has 156 valence electrons. The molecule has 0 aliphatic rings. The zero-order valence-electron chi connectivity index (χ0n) is 16.4. The van der Waals surface area contributed by atoms with Gasteiger partial charge in [-0.3, -0.25) is 14.2 Å². The van der Waals surface area contributed by atoms with Crippen molar-refractivity contribution in [2.24, 2.45) is 0 Å². The zero-order valence-corrected chi connectivity index (χ0v) is 16.4. The Hall–Kier alpha value is -4.14. The predicted octanol–water partition coefficient (Wildman–Crippen LogP) is 2.19. The molecule has 8 nitrogen and oxygen atoms in total. The largest absolute Gasteiger partial charge is 0.475 e. The Morgan fingerprint density at radius 2 is 1.84 bits per heavy atom. The van der Waals surface area contributed by atoms with Crippen LogP contribution < -0.4 is 15.6 Å². The van der Waals surface area contributed by atoms with Gasteiger partial charge in [-0.15, -0.1) is 10.2 Å². The quantitative estimate of drug-likeness (QED) is 0.461.